The number of carbonyl (C=O) groups is 1. The van der Waals surface area contributed by atoms with E-state index in [0.717, 1.165) is 0 Å². The maximum Gasteiger partial charge on any atom is 0.335 e. The first-order valence-electron chi connectivity index (χ1n) is 4.73. The summed E-state index contributed by atoms with van der Waals surface area (Å²) < 4.78 is 43.3. The molecule has 0 aromatic heterocycles. The summed E-state index contributed by atoms with van der Waals surface area (Å²) in [6.07, 6.45) is 0. The van der Waals surface area contributed by atoms with Gasteiger partial charge in [0.15, 0.2) is 0 Å². The minimum atomic E-state index is -3.99. The summed E-state index contributed by atoms with van der Waals surface area (Å²) in [7, 11) is -2.74. The van der Waals surface area contributed by atoms with Crippen LogP contribution in [0.4, 0.5) is 0 Å². The molecule has 7 nitrogen and oxygen atoms in total. The molecule has 8 heteroatoms. The monoisotopic (exact) mass is 268 g/mol. The third kappa shape index (κ3) is 9.94. The molecule has 0 saturated carbocycles. The van der Waals surface area contributed by atoms with Crippen LogP contribution in [-0.2, 0) is 29.1 Å². The molecule has 0 bridgehead atoms. The van der Waals surface area contributed by atoms with E-state index in [1.165, 1.54) is 7.11 Å². The normalized spacial score (nSPS) is 11.2. The first kappa shape index (κ1) is 16.0. The summed E-state index contributed by atoms with van der Waals surface area (Å²) in [4.78, 5) is 10.9. The predicted octanol–water partition coefficient (Wildman–Crippen LogP) is -0.363. The molecule has 0 fully saturated rings. The van der Waals surface area contributed by atoms with Crippen LogP contribution < -0.4 is 0 Å². The van der Waals surface area contributed by atoms with E-state index >= 15 is 0 Å². The Morgan fingerprint density at radius 2 is 1.82 bits per heavy atom. The summed E-state index contributed by atoms with van der Waals surface area (Å²) in [6.45, 7) is 3.69. The van der Waals surface area contributed by atoms with Crippen molar-refractivity contribution >= 4 is 16.1 Å². The second-order valence-corrected chi connectivity index (χ2v) is 4.62. The summed E-state index contributed by atoms with van der Waals surface area (Å²) >= 11 is 0. The van der Waals surface area contributed by atoms with Gasteiger partial charge in [0.25, 0.3) is 10.1 Å². The zero-order valence-corrected chi connectivity index (χ0v) is 10.4. The van der Waals surface area contributed by atoms with Crippen LogP contribution in [0.3, 0.4) is 0 Å². The first-order valence-corrected chi connectivity index (χ1v) is 6.34. The fourth-order valence-corrected chi connectivity index (χ4v) is 1.11. The number of hydrogen-bond donors (Lipinski definition) is 1. The van der Waals surface area contributed by atoms with Crippen molar-refractivity contribution in [1.29, 1.82) is 0 Å². The Hall–Kier alpha value is -0.960. The highest BCUT2D eigenvalue weighted by molar-refractivity contribution is 7.85. The fraction of sp³-hybridized carbons (Fsp3) is 0.667. The molecule has 100 valence electrons. The number of carbonyl (C=O) groups excluding carboxylic acids is 1. The molecular weight excluding hydrogens is 252 g/mol. The lowest BCUT2D eigenvalue weighted by molar-refractivity contribution is -0.136. The summed E-state index contributed by atoms with van der Waals surface area (Å²) in [6, 6.07) is 0. The summed E-state index contributed by atoms with van der Waals surface area (Å²) in [5.41, 5.74) is 0.186. The molecule has 0 atom stereocenters. The van der Waals surface area contributed by atoms with Crippen LogP contribution in [-0.4, -0.2) is 58.2 Å². The molecule has 0 spiro atoms. The molecule has 0 aromatic carbocycles. The van der Waals surface area contributed by atoms with Crippen LogP contribution in [0.2, 0.25) is 0 Å². The van der Waals surface area contributed by atoms with Gasteiger partial charge < -0.3 is 14.2 Å². The van der Waals surface area contributed by atoms with Gasteiger partial charge >= 0.3 is 5.97 Å². The third-order valence-electron chi connectivity index (χ3n) is 1.61. The van der Waals surface area contributed by atoms with E-state index in [9.17, 15) is 13.2 Å². The van der Waals surface area contributed by atoms with Gasteiger partial charge in [-0.15, -0.1) is 0 Å². The number of esters is 1. The van der Waals surface area contributed by atoms with Gasteiger partial charge in [-0.05, 0) is 0 Å². The zero-order chi connectivity index (χ0) is 13.3. The lowest BCUT2D eigenvalue weighted by Gasteiger charge is -2.06. The van der Waals surface area contributed by atoms with E-state index in [0.29, 0.717) is 0 Å². The van der Waals surface area contributed by atoms with Gasteiger partial charge in [-0.25, -0.2) is 4.79 Å². The fourth-order valence-electron chi connectivity index (χ4n) is 0.783. The Kier molecular flexibility index (Phi) is 7.72. The molecule has 0 amide bonds. The molecule has 0 aliphatic carbocycles. The zero-order valence-electron chi connectivity index (χ0n) is 9.55. The van der Waals surface area contributed by atoms with Gasteiger partial charge in [0, 0.05) is 0 Å². The first-order chi connectivity index (χ1) is 7.87. The van der Waals surface area contributed by atoms with Crippen molar-refractivity contribution < 1.29 is 32.0 Å². The van der Waals surface area contributed by atoms with Gasteiger partial charge in [0.2, 0.25) is 0 Å². The Labute approximate surface area is 100 Å². The number of ether oxygens (including phenoxy) is 3. The lowest BCUT2D eigenvalue weighted by Crippen LogP contribution is -2.15. The standard InChI is InChI=1S/C9H16O7S/c1-8(9(10)14-2)7-16-4-3-15-5-6-17(11,12)13/h1,3-7H2,2H3,(H,11,12,13). The van der Waals surface area contributed by atoms with Gasteiger partial charge in [-0.3, -0.25) is 4.55 Å². The van der Waals surface area contributed by atoms with E-state index in [-0.39, 0.29) is 32.0 Å². The minimum absolute atomic E-state index is 0.0222. The van der Waals surface area contributed by atoms with E-state index in [2.05, 4.69) is 11.3 Å². The third-order valence-corrected chi connectivity index (χ3v) is 2.29. The number of hydrogen-bond acceptors (Lipinski definition) is 6. The Morgan fingerprint density at radius 1 is 1.24 bits per heavy atom. The Balaban J connectivity index is 3.42. The molecule has 0 radical (unpaired) electrons. The van der Waals surface area contributed by atoms with Crippen molar-refractivity contribution in [3.05, 3.63) is 12.2 Å². The van der Waals surface area contributed by atoms with Crippen molar-refractivity contribution in [1.82, 2.24) is 0 Å². The highest BCUT2D eigenvalue weighted by Crippen LogP contribution is 1.94. The van der Waals surface area contributed by atoms with Crippen LogP contribution in [0.1, 0.15) is 0 Å². The molecule has 0 aliphatic heterocycles. The molecule has 0 aromatic rings. The van der Waals surface area contributed by atoms with Crippen molar-refractivity contribution in [3.63, 3.8) is 0 Å². The molecular formula is C9H16O7S. The average Bonchev–Trinajstić information content (AvgIpc) is 2.24. The topological polar surface area (TPSA) is 99.1 Å². The largest absolute Gasteiger partial charge is 0.466 e. The van der Waals surface area contributed by atoms with E-state index in [4.69, 9.17) is 14.0 Å². The minimum Gasteiger partial charge on any atom is -0.466 e. The molecule has 17 heavy (non-hydrogen) atoms. The molecule has 1 N–H and O–H groups in total. The Morgan fingerprint density at radius 3 is 2.35 bits per heavy atom. The van der Waals surface area contributed by atoms with Crippen LogP contribution in [0.5, 0.6) is 0 Å². The average molecular weight is 268 g/mol. The van der Waals surface area contributed by atoms with E-state index in [1.807, 2.05) is 0 Å². The van der Waals surface area contributed by atoms with E-state index in [1.54, 1.807) is 0 Å². The summed E-state index contributed by atoms with van der Waals surface area (Å²) in [5.74, 6) is -1.00. The Bertz CT molecular complexity index is 346. The number of methoxy groups -OCH3 is 1. The molecule has 0 heterocycles. The van der Waals surface area contributed by atoms with E-state index < -0.39 is 21.8 Å². The second-order valence-electron chi connectivity index (χ2n) is 3.05. The molecule has 0 saturated heterocycles. The molecule has 0 unspecified atom stereocenters. The predicted molar refractivity (Wildman–Crippen MR) is 59.2 cm³/mol. The number of rotatable bonds is 9. The van der Waals surface area contributed by atoms with Crippen LogP contribution in [0.15, 0.2) is 12.2 Å². The van der Waals surface area contributed by atoms with Crippen molar-refractivity contribution in [3.8, 4) is 0 Å². The lowest BCUT2D eigenvalue weighted by atomic mass is 10.3. The van der Waals surface area contributed by atoms with Crippen molar-refractivity contribution in [2.24, 2.45) is 0 Å². The highest BCUT2D eigenvalue weighted by Gasteiger charge is 2.06. The van der Waals surface area contributed by atoms with Gasteiger partial charge in [0.1, 0.15) is 0 Å². The van der Waals surface area contributed by atoms with Gasteiger partial charge in [-0.2, -0.15) is 8.42 Å². The highest BCUT2D eigenvalue weighted by atomic mass is 32.2. The van der Waals surface area contributed by atoms with Crippen LogP contribution >= 0.6 is 0 Å². The van der Waals surface area contributed by atoms with Crippen LogP contribution in [0, 0.1) is 0 Å². The van der Waals surface area contributed by atoms with Crippen LogP contribution in [0.25, 0.3) is 0 Å². The maximum atomic E-state index is 10.9. The maximum absolute atomic E-state index is 10.9. The van der Waals surface area contributed by atoms with Gasteiger partial charge in [0.05, 0.1) is 44.9 Å². The quantitative estimate of drug-likeness (QED) is 0.264. The van der Waals surface area contributed by atoms with Crippen molar-refractivity contribution in [2.45, 2.75) is 0 Å². The second kappa shape index (κ2) is 8.18. The molecule has 0 aliphatic rings. The van der Waals surface area contributed by atoms with Gasteiger partial charge in [-0.1, -0.05) is 6.58 Å². The molecule has 0 rings (SSSR count). The SMILES string of the molecule is C=C(COCCOCCS(=O)(=O)O)C(=O)OC. The van der Waals surface area contributed by atoms with Crippen molar-refractivity contribution in [2.75, 3.05) is 39.3 Å². The smallest absolute Gasteiger partial charge is 0.335 e. The summed E-state index contributed by atoms with van der Waals surface area (Å²) in [5, 5.41) is 0.